The van der Waals surface area contributed by atoms with Crippen LogP contribution in [-0.4, -0.2) is 24.5 Å². The highest BCUT2D eigenvalue weighted by Crippen LogP contribution is 2.37. The Morgan fingerprint density at radius 1 is 1.20 bits per heavy atom. The molecule has 0 aromatic heterocycles. The van der Waals surface area contributed by atoms with Crippen molar-refractivity contribution in [1.82, 2.24) is 0 Å². The fraction of sp³-hybridized carbons (Fsp3) is 0.500. The lowest BCUT2D eigenvalue weighted by Crippen LogP contribution is -2.44. The van der Waals surface area contributed by atoms with Crippen molar-refractivity contribution in [2.75, 3.05) is 11.5 Å². The molecule has 106 valence electrons. The molecule has 1 unspecified atom stereocenters. The first kappa shape index (κ1) is 13.2. The van der Waals surface area contributed by atoms with Gasteiger partial charge in [0.25, 0.3) is 0 Å². The molecule has 1 atom stereocenters. The van der Waals surface area contributed by atoms with E-state index in [1.54, 1.807) is 4.90 Å². The Labute approximate surface area is 118 Å². The summed E-state index contributed by atoms with van der Waals surface area (Å²) in [6, 6.07) is 5.48. The van der Waals surface area contributed by atoms with Gasteiger partial charge in [0.1, 0.15) is 6.04 Å². The van der Waals surface area contributed by atoms with Gasteiger partial charge in [-0.05, 0) is 37.8 Å². The van der Waals surface area contributed by atoms with E-state index in [-0.39, 0.29) is 17.8 Å². The van der Waals surface area contributed by atoms with Gasteiger partial charge in [-0.2, -0.15) is 0 Å². The molecule has 4 heteroatoms. The van der Waals surface area contributed by atoms with Crippen molar-refractivity contribution in [2.45, 2.75) is 39.2 Å². The maximum Gasteiger partial charge on any atom is 0.329 e. The minimum Gasteiger partial charge on any atom is -0.464 e. The first-order valence-corrected chi connectivity index (χ1v) is 7.15. The molecule has 2 aliphatic rings. The quantitative estimate of drug-likeness (QED) is 0.794. The predicted molar refractivity (Wildman–Crippen MR) is 75.5 cm³/mol. The third-order valence-corrected chi connectivity index (χ3v) is 4.06. The predicted octanol–water partition coefficient (Wildman–Crippen LogP) is 2.36. The van der Waals surface area contributed by atoms with Crippen LogP contribution >= 0.6 is 0 Å². The highest BCUT2D eigenvalue weighted by atomic mass is 16.5. The number of para-hydroxylation sites is 1. The first-order chi connectivity index (χ1) is 9.59. The minimum absolute atomic E-state index is 0.0752. The molecule has 4 nitrogen and oxygen atoms in total. The van der Waals surface area contributed by atoms with Crippen molar-refractivity contribution < 1.29 is 14.3 Å². The number of rotatable bonds is 3. The number of amides is 1. The summed E-state index contributed by atoms with van der Waals surface area (Å²) in [6.45, 7) is 4.37. The van der Waals surface area contributed by atoms with Crippen molar-refractivity contribution in [3.8, 4) is 0 Å². The highest BCUT2D eigenvalue weighted by Gasteiger charge is 2.42. The summed E-state index contributed by atoms with van der Waals surface area (Å²) < 4.78 is 5.07. The molecule has 0 spiro atoms. The number of ether oxygens (including phenoxy) is 1. The van der Waals surface area contributed by atoms with Crippen molar-refractivity contribution in [3.05, 3.63) is 29.3 Å². The second-order valence-electron chi connectivity index (χ2n) is 5.69. The van der Waals surface area contributed by atoms with E-state index >= 15 is 0 Å². The Hall–Kier alpha value is -1.84. The van der Waals surface area contributed by atoms with E-state index in [0.29, 0.717) is 13.0 Å². The topological polar surface area (TPSA) is 46.6 Å². The van der Waals surface area contributed by atoms with E-state index < -0.39 is 6.04 Å². The van der Waals surface area contributed by atoms with Gasteiger partial charge >= 0.3 is 5.97 Å². The molecular weight excluding hydrogens is 254 g/mol. The number of anilines is 1. The SMILES string of the molecule is Cc1cccc(C)c1N(C(=O)C1CC1)C1CCOC1=O. The van der Waals surface area contributed by atoms with Crippen molar-refractivity contribution in [1.29, 1.82) is 0 Å². The van der Waals surface area contributed by atoms with Gasteiger partial charge in [0.05, 0.1) is 12.3 Å². The lowest BCUT2D eigenvalue weighted by Gasteiger charge is -2.29. The second-order valence-corrected chi connectivity index (χ2v) is 5.69. The monoisotopic (exact) mass is 273 g/mol. The van der Waals surface area contributed by atoms with Crippen LogP contribution in [0.1, 0.15) is 30.4 Å². The standard InChI is InChI=1S/C16H19NO3/c1-10-4-3-5-11(2)14(10)17(15(18)12-6-7-12)13-8-9-20-16(13)19/h3-5,12-13H,6-9H2,1-2H3. The fourth-order valence-corrected chi connectivity index (χ4v) is 2.85. The molecule has 1 aromatic carbocycles. The zero-order valence-electron chi connectivity index (χ0n) is 11.9. The fourth-order valence-electron chi connectivity index (χ4n) is 2.85. The summed E-state index contributed by atoms with van der Waals surface area (Å²) in [6.07, 6.45) is 2.45. The van der Waals surface area contributed by atoms with E-state index in [2.05, 4.69) is 0 Å². The van der Waals surface area contributed by atoms with Gasteiger partial charge in [0.15, 0.2) is 0 Å². The van der Waals surface area contributed by atoms with Gasteiger partial charge in [-0.1, -0.05) is 18.2 Å². The third-order valence-electron chi connectivity index (χ3n) is 4.06. The molecule has 1 aliphatic carbocycles. The van der Waals surface area contributed by atoms with Gasteiger partial charge in [-0.25, -0.2) is 4.79 Å². The zero-order valence-corrected chi connectivity index (χ0v) is 11.9. The number of nitrogens with zero attached hydrogens (tertiary/aromatic N) is 1. The molecule has 1 amide bonds. The number of benzene rings is 1. The van der Waals surface area contributed by atoms with E-state index in [9.17, 15) is 9.59 Å². The molecule has 1 aromatic rings. The normalized spacial score (nSPS) is 21.7. The summed E-state index contributed by atoms with van der Waals surface area (Å²) in [4.78, 5) is 26.3. The maximum absolute atomic E-state index is 12.7. The third kappa shape index (κ3) is 2.19. The van der Waals surface area contributed by atoms with E-state index in [1.165, 1.54) is 0 Å². The van der Waals surface area contributed by atoms with Crippen LogP contribution in [0.5, 0.6) is 0 Å². The maximum atomic E-state index is 12.7. The largest absolute Gasteiger partial charge is 0.464 e. The van der Waals surface area contributed by atoms with Crippen LogP contribution < -0.4 is 4.90 Å². The van der Waals surface area contributed by atoms with Gasteiger partial charge in [0.2, 0.25) is 5.91 Å². The molecule has 1 saturated carbocycles. The Morgan fingerprint density at radius 2 is 1.85 bits per heavy atom. The molecule has 0 N–H and O–H groups in total. The van der Waals surface area contributed by atoms with Crippen LogP contribution in [0, 0.1) is 19.8 Å². The number of esters is 1. The number of carbonyl (C=O) groups excluding carboxylic acids is 2. The number of cyclic esters (lactones) is 1. The van der Waals surface area contributed by atoms with Crippen LogP contribution in [-0.2, 0) is 14.3 Å². The molecule has 20 heavy (non-hydrogen) atoms. The van der Waals surface area contributed by atoms with Crippen LogP contribution in [0.15, 0.2) is 18.2 Å². The lowest BCUT2D eigenvalue weighted by atomic mass is 10.0. The van der Waals surface area contributed by atoms with Crippen LogP contribution in [0.4, 0.5) is 5.69 Å². The smallest absolute Gasteiger partial charge is 0.329 e. The Kier molecular flexibility index (Phi) is 3.24. The number of hydrogen-bond acceptors (Lipinski definition) is 3. The van der Waals surface area contributed by atoms with E-state index in [0.717, 1.165) is 29.7 Å². The van der Waals surface area contributed by atoms with Gasteiger partial charge in [-0.3, -0.25) is 9.69 Å². The molecule has 3 rings (SSSR count). The average molecular weight is 273 g/mol. The van der Waals surface area contributed by atoms with Crippen molar-refractivity contribution in [2.24, 2.45) is 5.92 Å². The Morgan fingerprint density at radius 3 is 2.35 bits per heavy atom. The molecule has 1 saturated heterocycles. The molecule has 0 bridgehead atoms. The van der Waals surface area contributed by atoms with Gasteiger partial charge in [-0.15, -0.1) is 0 Å². The molecule has 0 radical (unpaired) electrons. The van der Waals surface area contributed by atoms with Gasteiger partial charge in [0, 0.05) is 12.3 Å². The highest BCUT2D eigenvalue weighted by molar-refractivity contribution is 6.03. The minimum atomic E-state index is -0.456. The lowest BCUT2D eigenvalue weighted by molar-refractivity contribution is -0.140. The van der Waals surface area contributed by atoms with Crippen LogP contribution in [0.3, 0.4) is 0 Å². The molecule has 1 aliphatic heterocycles. The van der Waals surface area contributed by atoms with Gasteiger partial charge < -0.3 is 4.74 Å². The zero-order chi connectivity index (χ0) is 14.3. The van der Waals surface area contributed by atoms with Crippen molar-refractivity contribution >= 4 is 17.6 Å². The second kappa shape index (κ2) is 4.93. The Bertz CT molecular complexity index is 543. The summed E-state index contributed by atoms with van der Waals surface area (Å²) in [5.74, 6) is -0.115. The molecule has 2 fully saturated rings. The molecular formula is C16H19NO3. The number of carbonyl (C=O) groups is 2. The van der Waals surface area contributed by atoms with E-state index in [1.807, 2.05) is 32.0 Å². The summed E-state index contributed by atoms with van der Waals surface area (Å²) in [5.41, 5.74) is 2.94. The molecule has 1 heterocycles. The van der Waals surface area contributed by atoms with Crippen LogP contribution in [0.25, 0.3) is 0 Å². The number of aryl methyl sites for hydroxylation is 2. The first-order valence-electron chi connectivity index (χ1n) is 7.15. The number of hydrogen-bond donors (Lipinski definition) is 0. The Balaban J connectivity index is 2.04. The average Bonchev–Trinajstić information content (AvgIpc) is 3.17. The summed E-state index contributed by atoms with van der Waals surface area (Å²) in [7, 11) is 0. The van der Waals surface area contributed by atoms with Crippen molar-refractivity contribution in [3.63, 3.8) is 0 Å². The van der Waals surface area contributed by atoms with Crippen LogP contribution in [0.2, 0.25) is 0 Å². The summed E-state index contributed by atoms with van der Waals surface area (Å²) in [5, 5.41) is 0. The van der Waals surface area contributed by atoms with E-state index in [4.69, 9.17) is 4.74 Å². The summed E-state index contributed by atoms with van der Waals surface area (Å²) >= 11 is 0.